The van der Waals surface area contributed by atoms with E-state index in [-0.39, 0.29) is 22.8 Å². The lowest BCUT2D eigenvalue weighted by molar-refractivity contribution is 0.240. The Bertz CT molecular complexity index is 1220. The van der Waals surface area contributed by atoms with Crippen LogP contribution in [0.3, 0.4) is 0 Å². The lowest BCUT2D eigenvalue weighted by Crippen LogP contribution is -2.37. The number of nitrogens with zero attached hydrogens (tertiary/aromatic N) is 2. The van der Waals surface area contributed by atoms with Gasteiger partial charge in [-0.25, -0.2) is 4.98 Å². The SMILES string of the molecule is Cc1cc2oc(N)c(CN3CCc4nc(C(C)C)[nH]c(=O)c4C3)c(=O)c2cc1C. The van der Waals surface area contributed by atoms with Crippen LogP contribution >= 0.6 is 0 Å². The maximum Gasteiger partial charge on any atom is 0.255 e. The molecule has 1 aliphatic heterocycles. The Morgan fingerprint density at radius 1 is 1.24 bits per heavy atom. The van der Waals surface area contributed by atoms with Crippen LogP contribution in [0.2, 0.25) is 0 Å². The van der Waals surface area contributed by atoms with Gasteiger partial charge in [-0.05, 0) is 37.1 Å². The number of nitrogen functional groups attached to an aromatic ring is 1. The summed E-state index contributed by atoms with van der Waals surface area (Å²) in [6.45, 7) is 9.42. The van der Waals surface area contributed by atoms with Crippen molar-refractivity contribution in [3.05, 3.63) is 66.5 Å². The predicted octanol–water partition coefficient (Wildman–Crippen LogP) is 2.76. The molecule has 1 aliphatic rings. The third-order valence-electron chi connectivity index (χ3n) is 5.73. The van der Waals surface area contributed by atoms with Crippen LogP contribution in [0.5, 0.6) is 0 Å². The number of aryl methyl sites for hydroxylation is 2. The van der Waals surface area contributed by atoms with Gasteiger partial charge >= 0.3 is 0 Å². The fourth-order valence-corrected chi connectivity index (χ4v) is 3.79. The molecule has 0 atom stereocenters. The Morgan fingerprint density at radius 3 is 2.69 bits per heavy atom. The third-order valence-corrected chi connectivity index (χ3v) is 5.73. The molecule has 29 heavy (non-hydrogen) atoms. The summed E-state index contributed by atoms with van der Waals surface area (Å²) in [5.74, 6) is 1.02. The number of nitrogens with two attached hydrogens (primary N) is 1. The highest BCUT2D eigenvalue weighted by molar-refractivity contribution is 5.80. The van der Waals surface area contributed by atoms with E-state index in [1.807, 2.05) is 44.7 Å². The van der Waals surface area contributed by atoms with Gasteiger partial charge in [0.2, 0.25) is 0 Å². The fourth-order valence-electron chi connectivity index (χ4n) is 3.79. The molecular formula is C22H26N4O3. The van der Waals surface area contributed by atoms with Gasteiger partial charge < -0.3 is 15.1 Å². The Balaban J connectivity index is 1.67. The molecule has 3 aromatic rings. The molecule has 0 fully saturated rings. The van der Waals surface area contributed by atoms with Gasteiger partial charge in [0.15, 0.2) is 11.3 Å². The van der Waals surface area contributed by atoms with E-state index in [4.69, 9.17) is 10.2 Å². The minimum absolute atomic E-state index is 0.104. The van der Waals surface area contributed by atoms with Gasteiger partial charge in [0, 0.05) is 32.0 Å². The first-order valence-electron chi connectivity index (χ1n) is 9.91. The lowest BCUT2D eigenvalue weighted by atomic mass is 10.0. The molecule has 1 aromatic carbocycles. The highest BCUT2D eigenvalue weighted by Crippen LogP contribution is 2.24. The molecule has 0 saturated carbocycles. The number of aromatic amines is 1. The zero-order chi connectivity index (χ0) is 20.9. The van der Waals surface area contributed by atoms with Crippen LogP contribution in [0, 0.1) is 13.8 Å². The number of hydrogen-bond donors (Lipinski definition) is 2. The summed E-state index contributed by atoms with van der Waals surface area (Å²) in [7, 11) is 0. The van der Waals surface area contributed by atoms with Crippen LogP contribution in [0.25, 0.3) is 11.0 Å². The Labute approximate surface area is 168 Å². The topological polar surface area (TPSA) is 105 Å². The minimum atomic E-state index is -0.111. The zero-order valence-corrected chi connectivity index (χ0v) is 17.3. The summed E-state index contributed by atoms with van der Waals surface area (Å²) in [6.07, 6.45) is 0.663. The van der Waals surface area contributed by atoms with Crippen molar-refractivity contribution in [2.24, 2.45) is 0 Å². The molecule has 2 aromatic heterocycles. The van der Waals surface area contributed by atoms with Crippen molar-refractivity contribution in [2.75, 3.05) is 12.3 Å². The van der Waals surface area contributed by atoms with Gasteiger partial charge in [-0.3, -0.25) is 14.5 Å². The molecule has 0 amide bonds. The van der Waals surface area contributed by atoms with Crippen molar-refractivity contribution in [1.29, 1.82) is 0 Å². The van der Waals surface area contributed by atoms with Gasteiger partial charge in [-0.1, -0.05) is 13.8 Å². The molecular weight excluding hydrogens is 368 g/mol. The van der Waals surface area contributed by atoms with E-state index < -0.39 is 0 Å². The Kier molecular flexibility index (Phi) is 4.78. The first-order valence-corrected chi connectivity index (χ1v) is 9.91. The molecule has 0 saturated heterocycles. The maximum atomic E-state index is 13.1. The van der Waals surface area contributed by atoms with E-state index in [0.29, 0.717) is 54.0 Å². The summed E-state index contributed by atoms with van der Waals surface area (Å²) in [4.78, 5) is 35.2. The van der Waals surface area contributed by atoms with Crippen molar-refractivity contribution in [1.82, 2.24) is 14.9 Å². The molecule has 0 aliphatic carbocycles. The van der Waals surface area contributed by atoms with E-state index in [1.165, 1.54) is 0 Å². The molecule has 0 spiro atoms. The fraction of sp³-hybridized carbons (Fsp3) is 0.409. The molecule has 7 nitrogen and oxygen atoms in total. The average molecular weight is 394 g/mol. The Hall–Kier alpha value is -2.93. The average Bonchev–Trinajstić information content (AvgIpc) is 2.67. The van der Waals surface area contributed by atoms with E-state index in [0.717, 1.165) is 16.8 Å². The number of rotatable bonds is 3. The molecule has 4 rings (SSSR count). The predicted molar refractivity (Wildman–Crippen MR) is 113 cm³/mol. The number of aromatic nitrogens is 2. The zero-order valence-electron chi connectivity index (χ0n) is 17.3. The standard InChI is InChI=1S/C22H26N4O3/c1-11(2)21-24-17-5-6-26(9-15(17)22(28)25-21)10-16-19(27)14-7-12(3)13(4)8-18(14)29-20(16)23/h7-8,11H,5-6,9-10,23H2,1-4H3,(H,24,25,28). The van der Waals surface area contributed by atoms with Crippen LogP contribution in [0.15, 0.2) is 26.1 Å². The second kappa shape index (κ2) is 7.15. The quantitative estimate of drug-likeness (QED) is 0.708. The number of fused-ring (bicyclic) bond motifs is 2. The number of hydrogen-bond acceptors (Lipinski definition) is 6. The van der Waals surface area contributed by atoms with E-state index in [2.05, 4.69) is 9.97 Å². The van der Waals surface area contributed by atoms with Crippen molar-refractivity contribution >= 4 is 16.9 Å². The number of benzene rings is 1. The number of anilines is 1. The molecule has 0 unspecified atom stereocenters. The maximum absolute atomic E-state index is 13.1. The van der Waals surface area contributed by atoms with Crippen molar-refractivity contribution in [3.8, 4) is 0 Å². The summed E-state index contributed by atoms with van der Waals surface area (Å²) >= 11 is 0. The summed E-state index contributed by atoms with van der Waals surface area (Å²) in [5, 5.41) is 0.538. The summed E-state index contributed by atoms with van der Waals surface area (Å²) < 4.78 is 5.76. The van der Waals surface area contributed by atoms with E-state index in [9.17, 15) is 9.59 Å². The monoisotopic (exact) mass is 394 g/mol. The lowest BCUT2D eigenvalue weighted by Gasteiger charge is -2.28. The number of nitrogens with one attached hydrogen (secondary N) is 1. The molecule has 152 valence electrons. The first kappa shape index (κ1) is 19.4. The van der Waals surface area contributed by atoms with Crippen molar-refractivity contribution < 1.29 is 4.42 Å². The summed E-state index contributed by atoms with van der Waals surface area (Å²) in [5.41, 5.74) is 10.4. The van der Waals surface area contributed by atoms with Gasteiger partial charge in [0.25, 0.3) is 5.56 Å². The van der Waals surface area contributed by atoms with Gasteiger partial charge in [0.1, 0.15) is 11.4 Å². The smallest absolute Gasteiger partial charge is 0.255 e. The molecule has 0 radical (unpaired) electrons. The highest BCUT2D eigenvalue weighted by Gasteiger charge is 2.24. The third kappa shape index (κ3) is 3.46. The van der Waals surface area contributed by atoms with Gasteiger partial charge in [-0.15, -0.1) is 0 Å². The molecule has 0 bridgehead atoms. The Morgan fingerprint density at radius 2 is 1.97 bits per heavy atom. The molecule has 3 N–H and O–H groups in total. The van der Waals surface area contributed by atoms with Crippen molar-refractivity contribution in [3.63, 3.8) is 0 Å². The van der Waals surface area contributed by atoms with E-state index in [1.54, 1.807) is 0 Å². The minimum Gasteiger partial charge on any atom is -0.440 e. The van der Waals surface area contributed by atoms with Crippen LogP contribution in [0.4, 0.5) is 5.88 Å². The largest absolute Gasteiger partial charge is 0.440 e. The number of H-pyrrole nitrogens is 1. The van der Waals surface area contributed by atoms with Crippen LogP contribution in [-0.2, 0) is 19.5 Å². The molecule has 7 heteroatoms. The highest BCUT2D eigenvalue weighted by atomic mass is 16.3. The normalized spacial score (nSPS) is 14.5. The second-order valence-electron chi connectivity index (χ2n) is 8.20. The summed E-state index contributed by atoms with van der Waals surface area (Å²) in [6, 6.07) is 3.70. The van der Waals surface area contributed by atoms with Crippen LogP contribution in [-0.4, -0.2) is 21.4 Å². The van der Waals surface area contributed by atoms with Gasteiger partial charge in [0.05, 0.1) is 22.2 Å². The molecule has 3 heterocycles. The van der Waals surface area contributed by atoms with Crippen LogP contribution < -0.4 is 16.7 Å². The second-order valence-corrected chi connectivity index (χ2v) is 8.20. The van der Waals surface area contributed by atoms with E-state index >= 15 is 0 Å². The van der Waals surface area contributed by atoms with Gasteiger partial charge in [-0.2, -0.15) is 0 Å². The first-order chi connectivity index (χ1) is 13.7. The van der Waals surface area contributed by atoms with Crippen LogP contribution in [0.1, 0.15) is 53.5 Å². The van der Waals surface area contributed by atoms with Crippen molar-refractivity contribution in [2.45, 2.75) is 53.1 Å².